The van der Waals surface area contributed by atoms with E-state index in [1.165, 1.54) is 36.4 Å². The molecule has 0 aromatic heterocycles. The number of phenolic OH excluding ortho intramolecular Hbond substituents is 2. The molecular weight excluding hydrogens is 482 g/mol. The van der Waals surface area contributed by atoms with Gasteiger partial charge in [0, 0.05) is 16.1 Å². The van der Waals surface area contributed by atoms with Crippen molar-refractivity contribution in [3.8, 4) is 11.5 Å². The topological polar surface area (TPSA) is 94.8 Å². The van der Waals surface area contributed by atoms with E-state index >= 15 is 0 Å². The minimum atomic E-state index is -5.05. The van der Waals surface area contributed by atoms with E-state index < -0.39 is 26.4 Å². The van der Waals surface area contributed by atoms with Crippen LogP contribution in [0.25, 0.3) is 0 Å². The quantitative estimate of drug-likeness (QED) is 0.182. The second kappa shape index (κ2) is 7.87. The molecule has 3 N–H and O–H groups in total. The Kier molecular flexibility index (Phi) is 5.98. The molecule has 0 saturated heterocycles. The highest BCUT2D eigenvalue weighted by Gasteiger charge is 2.51. The molecule has 0 saturated carbocycles. The minimum Gasteiger partial charge on any atom is -0.504 e. The standard InChI is InChI=1S/C19H12Cl4O5S/c20-13-4-2-1-3-11(13)19(29(26,27)28,10-5-8-15(24)16(25)9-10)12-6-7-14(21)18(23)17(12)22/h1-9,24-25H,(H,26,27,28). The number of benzene rings is 3. The van der Waals surface area contributed by atoms with Crippen molar-refractivity contribution in [1.29, 1.82) is 0 Å². The van der Waals surface area contributed by atoms with Gasteiger partial charge in [-0.1, -0.05) is 76.7 Å². The summed E-state index contributed by atoms with van der Waals surface area (Å²) in [6.45, 7) is 0. The fourth-order valence-corrected chi connectivity index (χ4v) is 5.57. The zero-order chi connectivity index (χ0) is 21.6. The van der Waals surface area contributed by atoms with Crippen LogP contribution in [0.2, 0.25) is 20.1 Å². The van der Waals surface area contributed by atoms with E-state index in [0.717, 1.165) is 12.1 Å². The molecule has 0 amide bonds. The van der Waals surface area contributed by atoms with Crippen molar-refractivity contribution in [1.82, 2.24) is 0 Å². The van der Waals surface area contributed by atoms with Gasteiger partial charge in [0.25, 0.3) is 10.1 Å². The van der Waals surface area contributed by atoms with E-state index in [9.17, 15) is 23.2 Å². The van der Waals surface area contributed by atoms with Crippen molar-refractivity contribution in [2.75, 3.05) is 0 Å². The normalized spacial score (nSPS) is 13.8. The van der Waals surface area contributed by atoms with E-state index in [1.807, 2.05) is 0 Å². The van der Waals surface area contributed by atoms with Crippen LogP contribution in [0.1, 0.15) is 16.7 Å². The van der Waals surface area contributed by atoms with Crippen molar-refractivity contribution in [2.24, 2.45) is 0 Å². The Balaban J connectivity index is 2.61. The molecule has 29 heavy (non-hydrogen) atoms. The lowest BCUT2D eigenvalue weighted by Gasteiger charge is -2.34. The predicted octanol–water partition coefficient (Wildman–Crippen LogP) is 5.89. The van der Waals surface area contributed by atoms with Gasteiger partial charge in [0.15, 0.2) is 16.2 Å². The van der Waals surface area contributed by atoms with Crippen LogP contribution in [0, 0.1) is 0 Å². The first-order valence-corrected chi connectivity index (χ1v) is 10.9. The maximum Gasteiger partial charge on any atom is 0.283 e. The molecular formula is C19H12Cl4O5S. The first-order chi connectivity index (χ1) is 13.5. The molecule has 10 heteroatoms. The lowest BCUT2D eigenvalue weighted by molar-refractivity contribution is 0.402. The summed E-state index contributed by atoms with van der Waals surface area (Å²) >= 11 is 24.8. The third-order valence-corrected chi connectivity index (χ3v) is 7.51. The van der Waals surface area contributed by atoms with Crippen LogP contribution < -0.4 is 0 Å². The first-order valence-electron chi connectivity index (χ1n) is 7.90. The van der Waals surface area contributed by atoms with Crippen LogP contribution in [0.4, 0.5) is 0 Å². The zero-order valence-corrected chi connectivity index (χ0v) is 18.1. The van der Waals surface area contributed by atoms with E-state index in [4.69, 9.17) is 46.4 Å². The van der Waals surface area contributed by atoms with E-state index in [-0.39, 0.29) is 36.8 Å². The SMILES string of the molecule is O=S(=O)(O)C(c1ccc(O)c(O)c1)(c1ccccc1Cl)c1ccc(Cl)c(Cl)c1Cl. The summed E-state index contributed by atoms with van der Waals surface area (Å²) in [5.74, 6) is -1.10. The molecule has 3 aromatic carbocycles. The molecule has 0 aliphatic carbocycles. The summed E-state index contributed by atoms with van der Waals surface area (Å²) in [5, 5.41) is 19.4. The summed E-state index contributed by atoms with van der Waals surface area (Å²) in [5.41, 5.74) is -0.326. The van der Waals surface area contributed by atoms with Crippen LogP contribution in [0.3, 0.4) is 0 Å². The van der Waals surface area contributed by atoms with Crippen LogP contribution in [-0.2, 0) is 14.9 Å². The monoisotopic (exact) mass is 492 g/mol. The van der Waals surface area contributed by atoms with Gasteiger partial charge in [-0.15, -0.1) is 0 Å². The molecule has 0 radical (unpaired) electrons. The van der Waals surface area contributed by atoms with Crippen molar-refractivity contribution in [3.05, 3.63) is 91.4 Å². The largest absolute Gasteiger partial charge is 0.504 e. The van der Waals surface area contributed by atoms with Gasteiger partial charge in [0.1, 0.15) is 0 Å². The predicted molar refractivity (Wildman–Crippen MR) is 114 cm³/mol. The Morgan fingerprint density at radius 1 is 0.724 bits per heavy atom. The molecule has 3 aromatic rings. The molecule has 0 heterocycles. The molecule has 0 aliphatic rings. The lowest BCUT2D eigenvalue weighted by atomic mass is 9.83. The van der Waals surface area contributed by atoms with Crippen LogP contribution in [0.15, 0.2) is 54.6 Å². The number of aromatic hydroxyl groups is 2. The van der Waals surface area contributed by atoms with Gasteiger partial charge in [-0.3, -0.25) is 4.55 Å². The summed E-state index contributed by atoms with van der Waals surface area (Å²) in [7, 11) is -5.05. The van der Waals surface area contributed by atoms with Crippen molar-refractivity contribution in [3.63, 3.8) is 0 Å². The highest BCUT2D eigenvalue weighted by atomic mass is 35.5. The van der Waals surface area contributed by atoms with Crippen LogP contribution in [-0.4, -0.2) is 23.2 Å². The molecule has 3 rings (SSSR count). The summed E-state index contributed by atoms with van der Waals surface area (Å²) in [4.78, 5) is 0. The minimum absolute atomic E-state index is 0.000158. The molecule has 5 nitrogen and oxygen atoms in total. The highest BCUT2D eigenvalue weighted by molar-refractivity contribution is 7.87. The number of hydrogen-bond donors (Lipinski definition) is 3. The second-order valence-corrected chi connectivity index (χ2v) is 9.20. The number of halogens is 4. The summed E-state index contributed by atoms with van der Waals surface area (Å²) in [6.07, 6.45) is 0. The van der Waals surface area contributed by atoms with Gasteiger partial charge >= 0.3 is 0 Å². The van der Waals surface area contributed by atoms with Crippen LogP contribution >= 0.6 is 46.4 Å². The Labute approximate surface area is 186 Å². The Morgan fingerprint density at radius 3 is 1.97 bits per heavy atom. The Bertz CT molecular complexity index is 1210. The van der Waals surface area contributed by atoms with Crippen molar-refractivity contribution < 1.29 is 23.2 Å². The van der Waals surface area contributed by atoms with E-state index in [1.54, 1.807) is 6.07 Å². The van der Waals surface area contributed by atoms with Crippen molar-refractivity contribution in [2.45, 2.75) is 4.75 Å². The smallest absolute Gasteiger partial charge is 0.283 e. The number of phenols is 2. The molecule has 0 aliphatic heterocycles. The van der Waals surface area contributed by atoms with E-state index in [2.05, 4.69) is 0 Å². The maximum atomic E-state index is 13.0. The Hall–Kier alpha value is -1.67. The lowest BCUT2D eigenvalue weighted by Crippen LogP contribution is -2.39. The van der Waals surface area contributed by atoms with Crippen LogP contribution in [0.5, 0.6) is 11.5 Å². The fraction of sp³-hybridized carbons (Fsp3) is 0.0526. The second-order valence-electron chi connectivity index (χ2n) is 6.06. The van der Waals surface area contributed by atoms with Gasteiger partial charge in [-0.25, -0.2) is 0 Å². The average molecular weight is 494 g/mol. The number of rotatable bonds is 4. The maximum absolute atomic E-state index is 13.0. The third-order valence-electron chi connectivity index (χ3n) is 4.44. The molecule has 0 bridgehead atoms. The number of hydrogen-bond acceptors (Lipinski definition) is 4. The first kappa shape index (κ1) is 22.0. The van der Waals surface area contributed by atoms with Gasteiger partial charge in [0.2, 0.25) is 0 Å². The van der Waals surface area contributed by atoms with Gasteiger partial charge in [0.05, 0.1) is 15.1 Å². The molecule has 1 unspecified atom stereocenters. The Morgan fingerprint density at radius 2 is 1.38 bits per heavy atom. The van der Waals surface area contributed by atoms with E-state index in [0.29, 0.717) is 0 Å². The van der Waals surface area contributed by atoms with Gasteiger partial charge in [-0.2, -0.15) is 8.42 Å². The van der Waals surface area contributed by atoms with Crippen molar-refractivity contribution >= 4 is 56.5 Å². The average Bonchev–Trinajstić information content (AvgIpc) is 2.65. The summed E-state index contributed by atoms with van der Waals surface area (Å²) in [6, 6.07) is 11.8. The highest BCUT2D eigenvalue weighted by Crippen LogP contribution is 2.51. The zero-order valence-electron chi connectivity index (χ0n) is 14.3. The van der Waals surface area contributed by atoms with Gasteiger partial charge in [-0.05, 0) is 29.8 Å². The molecule has 0 fully saturated rings. The fourth-order valence-electron chi connectivity index (χ4n) is 3.17. The molecule has 0 spiro atoms. The molecule has 152 valence electrons. The summed E-state index contributed by atoms with van der Waals surface area (Å²) < 4.78 is 34.0. The molecule has 1 atom stereocenters. The van der Waals surface area contributed by atoms with Gasteiger partial charge < -0.3 is 10.2 Å². The third kappa shape index (κ3) is 3.54.